The first kappa shape index (κ1) is 18.4. The lowest BCUT2D eigenvalue weighted by atomic mass is 9.68. The molecule has 3 nitrogen and oxygen atoms in total. The fourth-order valence-corrected chi connectivity index (χ4v) is 5.85. The quantitative estimate of drug-likeness (QED) is 0.676. The van der Waals surface area contributed by atoms with Crippen LogP contribution in [-0.4, -0.2) is 23.7 Å². The van der Waals surface area contributed by atoms with Crippen LogP contribution in [0.4, 0.5) is 0 Å². The molecule has 1 saturated carbocycles. The number of nitrogens with zero attached hydrogens (tertiary/aromatic N) is 1. The van der Waals surface area contributed by atoms with E-state index < -0.39 is 0 Å². The second-order valence-electron chi connectivity index (χ2n) is 7.78. The first-order valence-corrected chi connectivity index (χ1v) is 11.0. The van der Waals surface area contributed by atoms with E-state index in [1.165, 1.54) is 36.3 Å². The molecule has 2 aromatic heterocycles. The maximum absolute atomic E-state index is 6.32. The molecule has 2 aromatic rings. The number of hydrogen-bond acceptors (Lipinski definition) is 4. The first-order chi connectivity index (χ1) is 12.7. The highest BCUT2D eigenvalue weighted by Gasteiger charge is 2.48. The lowest BCUT2D eigenvalue weighted by Gasteiger charge is -2.46. The van der Waals surface area contributed by atoms with E-state index in [4.69, 9.17) is 21.3 Å². The van der Waals surface area contributed by atoms with Gasteiger partial charge in [-0.2, -0.15) is 0 Å². The van der Waals surface area contributed by atoms with Crippen LogP contribution in [0.5, 0.6) is 0 Å². The molecule has 2 aliphatic rings. The van der Waals surface area contributed by atoms with Crippen molar-refractivity contribution >= 4 is 22.9 Å². The largest absolute Gasteiger partial charge is 0.375 e. The van der Waals surface area contributed by atoms with Crippen LogP contribution >= 0.6 is 22.9 Å². The summed E-state index contributed by atoms with van der Waals surface area (Å²) in [5.74, 6) is 0. The van der Waals surface area contributed by atoms with Gasteiger partial charge < -0.3 is 10.1 Å². The summed E-state index contributed by atoms with van der Waals surface area (Å²) in [5.41, 5.74) is 1.45. The molecule has 1 aliphatic carbocycles. The van der Waals surface area contributed by atoms with E-state index in [2.05, 4.69) is 22.8 Å². The molecule has 1 unspecified atom stereocenters. The van der Waals surface area contributed by atoms with Gasteiger partial charge in [-0.05, 0) is 62.2 Å². The standard InChI is InChI=1S/C21H27ClN2OS/c22-17-6-14-26-18(17)15-23-12-9-20(19-5-1-4-11-24-19)10-13-25-21(16-20)7-2-3-8-21/h1,4-6,11,14,23H,2-3,7-10,12-13,15-16H2. The van der Waals surface area contributed by atoms with E-state index in [1.807, 2.05) is 18.3 Å². The third kappa shape index (κ3) is 3.84. The molecule has 1 atom stereocenters. The van der Waals surface area contributed by atoms with Crippen molar-refractivity contribution in [3.05, 3.63) is 51.4 Å². The molecule has 0 radical (unpaired) electrons. The number of aromatic nitrogens is 1. The van der Waals surface area contributed by atoms with Gasteiger partial charge in [0.15, 0.2) is 0 Å². The summed E-state index contributed by atoms with van der Waals surface area (Å²) in [4.78, 5) is 5.99. The van der Waals surface area contributed by atoms with Crippen LogP contribution in [0.15, 0.2) is 35.8 Å². The number of pyridine rings is 1. The minimum absolute atomic E-state index is 0.0901. The van der Waals surface area contributed by atoms with Gasteiger partial charge in [-0.3, -0.25) is 4.98 Å². The van der Waals surface area contributed by atoms with E-state index in [9.17, 15) is 0 Å². The van der Waals surface area contributed by atoms with Gasteiger partial charge in [-0.15, -0.1) is 11.3 Å². The number of halogens is 1. The summed E-state index contributed by atoms with van der Waals surface area (Å²) in [6.45, 7) is 2.67. The topological polar surface area (TPSA) is 34.2 Å². The van der Waals surface area contributed by atoms with Crippen molar-refractivity contribution in [1.82, 2.24) is 10.3 Å². The van der Waals surface area contributed by atoms with E-state index in [-0.39, 0.29) is 11.0 Å². The Bertz CT molecular complexity index is 714. The molecule has 0 aromatic carbocycles. The van der Waals surface area contributed by atoms with Crippen LogP contribution in [0.25, 0.3) is 0 Å². The van der Waals surface area contributed by atoms with Gasteiger partial charge in [-0.25, -0.2) is 0 Å². The van der Waals surface area contributed by atoms with Gasteiger partial charge in [0.05, 0.1) is 10.6 Å². The monoisotopic (exact) mass is 390 g/mol. The SMILES string of the molecule is Clc1ccsc1CNCCC1(c2ccccn2)CCOC2(CCCC2)C1. The van der Waals surface area contributed by atoms with Crippen molar-refractivity contribution in [2.45, 2.75) is 62.5 Å². The molecule has 3 heterocycles. The number of hydrogen-bond donors (Lipinski definition) is 1. The summed E-state index contributed by atoms with van der Waals surface area (Å²) >= 11 is 7.94. The Labute approximate surface area is 165 Å². The van der Waals surface area contributed by atoms with Crippen molar-refractivity contribution in [2.75, 3.05) is 13.2 Å². The molecule has 1 aliphatic heterocycles. The van der Waals surface area contributed by atoms with Gasteiger partial charge in [0.2, 0.25) is 0 Å². The summed E-state index contributed by atoms with van der Waals surface area (Å²) in [5, 5.41) is 6.53. The minimum atomic E-state index is 0.0901. The Morgan fingerprint density at radius 2 is 2.08 bits per heavy atom. The fraction of sp³-hybridized carbons (Fsp3) is 0.571. The number of thiophene rings is 1. The Kier molecular flexibility index (Phi) is 5.65. The smallest absolute Gasteiger partial charge is 0.0691 e. The van der Waals surface area contributed by atoms with Crippen LogP contribution < -0.4 is 5.32 Å². The molecule has 1 spiro atoms. The second-order valence-corrected chi connectivity index (χ2v) is 9.19. The maximum Gasteiger partial charge on any atom is 0.0691 e. The fourth-order valence-electron chi connectivity index (χ4n) is 4.78. The maximum atomic E-state index is 6.32. The molecule has 1 saturated heterocycles. The summed E-state index contributed by atoms with van der Waals surface area (Å²) in [6.07, 6.45) is 10.2. The molecular formula is C21H27ClN2OS. The molecule has 140 valence electrons. The lowest BCUT2D eigenvalue weighted by molar-refractivity contribution is -0.104. The second kappa shape index (κ2) is 7.97. The molecule has 1 N–H and O–H groups in total. The molecule has 2 fully saturated rings. The molecule has 0 amide bonds. The van der Waals surface area contributed by atoms with E-state index in [1.54, 1.807) is 11.3 Å². The number of rotatable bonds is 6. The van der Waals surface area contributed by atoms with Gasteiger partial charge in [0.1, 0.15) is 0 Å². The third-order valence-corrected chi connectivity index (χ3v) is 7.52. The predicted octanol–water partition coefficient (Wildman–Crippen LogP) is 5.34. The normalized spacial score (nSPS) is 25.0. The number of nitrogens with one attached hydrogen (secondary N) is 1. The number of ether oxygens (including phenoxy) is 1. The van der Waals surface area contributed by atoms with Crippen molar-refractivity contribution in [3.8, 4) is 0 Å². The Balaban J connectivity index is 1.47. The van der Waals surface area contributed by atoms with E-state index >= 15 is 0 Å². The lowest BCUT2D eigenvalue weighted by Crippen LogP contribution is -2.47. The van der Waals surface area contributed by atoms with Gasteiger partial charge in [0, 0.05) is 35.3 Å². The average Bonchev–Trinajstić information content (AvgIpc) is 3.29. The minimum Gasteiger partial charge on any atom is -0.375 e. The van der Waals surface area contributed by atoms with Crippen molar-refractivity contribution < 1.29 is 4.74 Å². The summed E-state index contributed by atoms with van der Waals surface area (Å²) < 4.78 is 6.32. The van der Waals surface area contributed by atoms with Crippen molar-refractivity contribution in [1.29, 1.82) is 0 Å². The molecule has 26 heavy (non-hydrogen) atoms. The van der Waals surface area contributed by atoms with Crippen molar-refractivity contribution in [3.63, 3.8) is 0 Å². The van der Waals surface area contributed by atoms with Gasteiger partial charge in [0.25, 0.3) is 0 Å². The highest BCUT2D eigenvalue weighted by atomic mass is 35.5. The summed E-state index contributed by atoms with van der Waals surface area (Å²) in [6, 6.07) is 8.32. The third-order valence-electron chi connectivity index (χ3n) is 6.13. The zero-order chi connectivity index (χ0) is 17.9. The Morgan fingerprint density at radius 1 is 1.19 bits per heavy atom. The van der Waals surface area contributed by atoms with E-state index in [0.717, 1.165) is 44.0 Å². The average molecular weight is 391 g/mol. The van der Waals surface area contributed by atoms with Crippen LogP contribution in [0.3, 0.4) is 0 Å². The zero-order valence-electron chi connectivity index (χ0n) is 15.2. The first-order valence-electron chi connectivity index (χ1n) is 9.70. The Hall–Kier alpha value is -0.940. The molecular weight excluding hydrogens is 364 g/mol. The van der Waals surface area contributed by atoms with Crippen LogP contribution in [0, 0.1) is 0 Å². The summed E-state index contributed by atoms with van der Waals surface area (Å²) in [7, 11) is 0. The van der Waals surface area contributed by atoms with Crippen LogP contribution in [-0.2, 0) is 16.7 Å². The highest BCUT2D eigenvalue weighted by molar-refractivity contribution is 7.10. The van der Waals surface area contributed by atoms with Crippen molar-refractivity contribution in [2.24, 2.45) is 0 Å². The van der Waals surface area contributed by atoms with Gasteiger partial charge in [-0.1, -0.05) is 30.5 Å². The molecule has 4 rings (SSSR count). The van der Waals surface area contributed by atoms with Crippen LogP contribution in [0.2, 0.25) is 5.02 Å². The Morgan fingerprint density at radius 3 is 2.81 bits per heavy atom. The zero-order valence-corrected chi connectivity index (χ0v) is 16.7. The molecule has 5 heteroatoms. The highest BCUT2D eigenvalue weighted by Crippen LogP contribution is 2.49. The van der Waals surface area contributed by atoms with Crippen LogP contribution in [0.1, 0.15) is 55.5 Å². The molecule has 0 bridgehead atoms. The van der Waals surface area contributed by atoms with E-state index in [0.29, 0.717) is 0 Å². The predicted molar refractivity (Wildman–Crippen MR) is 108 cm³/mol. The van der Waals surface area contributed by atoms with Gasteiger partial charge >= 0.3 is 0 Å².